The lowest BCUT2D eigenvalue weighted by molar-refractivity contribution is -0.141. The molecule has 18 heavy (non-hydrogen) atoms. The number of amides is 1. The van der Waals surface area contributed by atoms with Gasteiger partial charge < -0.3 is 10.0 Å². The standard InChI is InChI=1S/C13H20N2O3/c1-2-5-14-6-3-4-11(9-14)15-8-10(13(17)18)7-12(15)16/h2,10-11H,1,3-9H2,(H,17,18). The van der Waals surface area contributed by atoms with E-state index >= 15 is 0 Å². The van der Waals surface area contributed by atoms with Gasteiger partial charge in [-0.1, -0.05) is 6.08 Å². The summed E-state index contributed by atoms with van der Waals surface area (Å²) in [7, 11) is 0. The van der Waals surface area contributed by atoms with Gasteiger partial charge >= 0.3 is 5.97 Å². The fourth-order valence-electron chi connectivity index (χ4n) is 2.88. The molecule has 2 unspecified atom stereocenters. The monoisotopic (exact) mass is 252 g/mol. The van der Waals surface area contributed by atoms with E-state index in [2.05, 4.69) is 11.5 Å². The van der Waals surface area contributed by atoms with Crippen molar-refractivity contribution in [1.29, 1.82) is 0 Å². The zero-order valence-corrected chi connectivity index (χ0v) is 10.5. The molecule has 0 aromatic rings. The van der Waals surface area contributed by atoms with E-state index in [0.717, 1.165) is 32.5 Å². The van der Waals surface area contributed by atoms with E-state index in [1.54, 1.807) is 4.90 Å². The number of carbonyl (C=O) groups excluding carboxylic acids is 1. The summed E-state index contributed by atoms with van der Waals surface area (Å²) in [6.07, 6.45) is 4.06. The van der Waals surface area contributed by atoms with Gasteiger partial charge in [-0.2, -0.15) is 0 Å². The summed E-state index contributed by atoms with van der Waals surface area (Å²) in [6.45, 7) is 6.81. The number of hydrogen-bond donors (Lipinski definition) is 1. The molecule has 2 fully saturated rings. The Morgan fingerprint density at radius 2 is 2.28 bits per heavy atom. The second-order valence-electron chi connectivity index (χ2n) is 5.13. The van der Waals surface area contributed by atoms with Crippen LogP contribution in [0, 0.1) is 5.92 Å². The van der Waals surface area contributed by atoms with Crippen molar-refractivity contribution >= 4 is 11.9 Å². The van der Waals surface area contributed by atoms with Crippen LogP contribution in [0.3, 0.4) is 0 Å². The molecule has 2 atom stereocenters. The normalized spacial score (nSPS) is 29.6. The number of carboxylic acid groups (broad SMARTS) is 1. The number of hydrogen-bond acceptors (Lipinski definition) is 3. The molecule has 2 rings (SSSR count). The van der Waals surface area contributed by atoms with E-state index in [1.165, 1.54) is 0 Å². The largest absolute Gasteiger partial charge is 0.481 e. The van der Waals surface area contributed by atoms with Crippen LogP contribution in [0.2, 0.25) is 0 Å². The second kappa shape index (κ2) is 5.52. The Bertz CT molecular complexity index is 356. The maximum Gasteiger partial charge on any atom is 0.308 e. The Kier molecular flexibility index (Phi) is 4.01. The highest BCUT2D eigenvalue weighted by Gasteiger charge is 2.38. The molecule has 1 amide bonds. The first kappa shape index (κ1) is 13.1. The van der Waals surface area contributed by atoms with Crippen LogP contribution >= 0.6 is 0 Å². The van der Waals surface area contributed by atoms with E-state index in [9.17, 15) is 9.59 Å². The highest BCUT2D eigenvalue weighted by Crippen LogP contribution is 2.25. The summed E-state index contributed by atoms with van der Waals surface area (Å²) >= 11 is 0. The number of carboxylic acids is 1. The van der Waals surface area contributed by atoms with Gasteiger partial charge in [0, 0.05) is 32.1 Å². The number of carbonyl (C=O) groups is 2. The Balaban J connectivity index is 1.96. The number of aliphatic carboxylic acids is 1. The van der Waals surface area contributed by atoms with Gasteiger partial charge in [-0.05, 0) is 19.4 Å². The molecule has 2 aliphatic rings. The van der Waals surface area contributed by atoms with Crippen molar-refractivity contribution in [3.8, 4) is 0 Å². The first-order valence-corrected chi connectivity index (χ1v) is 6.47. The van der Waals surface area contributed by atoms with Gasteiger partial charge in [0.2, 0.25) is 5.91 Å². The summed E-state index contributed by atoms with van der Waals surface area (Å²) in [5, 5.41) is 8.98. The minimum Gasteiger partial charge on any atom is -0.481 e. The van der Waals surface area contributed by atoms with Crippen molar-refractivity contribution in [2.45, 2.75) is 25.3 Å². The van der Waals surface area contributed by atoms with E-state index < -0.39 is 11.9 Å². The molecule has 1 N–H and O–H groups in total. The lowest BCUT2D eigenvalue weighted by atomic mass is 10.0. The second-order valence-corrected chi connectivity index (χ2v) is 5.13. The van der Waals surface area contributed by atoms with Gasteiger partial charge in [0.1, 0.15) is 0 Å². The van der Waals surface area contributed by atoms with Crippen LogP contribution in [0.25, 0.3) is 0 Å². The number of likely N-dealkylation sites (tertiary alicyclic amines) is 2. The number of piperidine rings is 1. The number of nitrogens with zero attached hydrogens (tertiary/aromatic N) is 2. The fourth-order valence-corrected chi connectivity index (χ4v) is 2.88. The zero-order chi connectivity index (χ0) is 13.1. The lowest BCUT2D eigenvalue weighted by Gasteiger charge is -2.37. The highest BCUT2D eigenvalue weighted by atomic mass is 16.4. The third-order valence-corrected chi connectivity index (χ3v) is 3.82. The molecule has 2 saturated heterocycles. The van der Waals surface area contributed by atoms with Crippen molar-refractivity contribution in [3.63, 3.8) is 0 Å². The molecule has 0 bridgehead atoms. The molecule has 5 heteroatoms. The minimum atomic E-state index is -0.857. The van der Waals surface area contributed by atoms with E-state index in [-0.39, 0.29) is 18.4 Å². The fraction of sp³-hybridized carbons (Fsp3) is 0.692. The summed E-state index contributed by atoms with van der Waals surface area (Å²) in [6, 6.07) is 0.176. The summed E-state index contributed by atoms with van der Waals surface area (Å²) < 4.78 is 0. The first-order chi connectivity index (χ1) is 8.61. The van der Waals surface area contributed by atoms with Crippen molar-refractivity contribution in [2.75, 3.05) is 26.2 Å². The highest BCUT2D eigenvalue weighted by molar-refractivity contribution is 5.86. The van der Waals surface area contributed by atoms with E-state index in [1.807, 2.05) is 6.08 Å². The topological polar surface area (TPSA) is 60.9 Å². The van der Waals surface area contributed by atoms with Crippen LogP contribution < -0.4 is 0 Å². The third kappa shape index (κ3) is 2.72. The molecule has 0 radical (unpaired) electrons. The molecule has 0 aromatic carbocycles. The third-order valence-electron chi connectivity index (χ3n) is 3.82. The smallest absolute Gasteiger partial charge is 0.308 e. The SMILES string of the molecule is C=CCN1CCCC(N2CC(C(=O)O)CC2=O)C1. The van der Waals surface area contributed by atoms with Crippen LogP contribution in [-0.4, -0.2) is 59.0 Å². The average molecular weight is 252 g/mol. The van der Waals surface area contributed by atoms with Gasteiger partial charge in [-0.25, -0.2) is 0 Å². The van der Waals surface area contributed by atoms with Crippen molar-refractivity contribution in [1.82, 2.24) is 9.80 Å². The molecule has 5 nitrogen and oxygen atoms in total. The van der Waals surface area contributed by atoms with Crippen molar-refractivity contribution < 1.29 is 14.7 Å². The first-order valence-electron chi connectivity index (χ1n) is 6.47. The summed E-state index contributed by atoms with van der Waals surface area (Å²) in [4.78, 5) is 26.9. The summed E-state index contributed by atoms with van der Waals surface area (Å²) in [5.74, 6) is -1.38. The minimum absolute atomic E-state index is 0.00662. The lowest BCUT2D eigenvalue weighted by Crippen LogP contribution is -2.48. The molecular weight excluding hydrogens is 232 g/mol. The van der Waals surface area contributed by atoms with Gasteiger partial charge in [-0.15, -0.1) is 6.58 Å². The Morgan fingerprint density at radius 1 is 1.50 bits per heavy atom. The predicted octanol–water partition coefficient (Wildman–Crippen LogP) is 0.570. The quantitative estimate of drug-likeness (QED) is 0.743. The molecule has 0 aromatic heterocycles. The average Bonchev–Trinajstić information content (AvgIpc) is 2.72. The molecular formula is C13H20N2O3. The maximum absolute atomic E-state index is 11.9. The molecule has 2 aliphatic heterocycles. The number of rotatable bonds is 4. The van der Waals surface area contributed by atoms with Crippen molar-refractivity contribution in [2.24, 2.45) is 5.92 Å². The van der Waals surface area contributed by atoms with E-state index in [4.69, 9.17) is 5.11 Å². The maximum atomic E-state index is 11.9. The Hall–Kier alpha value is -1.36. The molecule has 0 spiro atoms. The van der Waals surface area contributed by atoms with Crippen LogP contribution in [0.1, 0.15) is 19.3 Å². The van der Waals surface area contributed by atoms with Crippen LogP contribution in [0.4, 0.5) is 0 Å². The summed E-state index contributed by atoms with van der Waals surface area (Å²) in [5.41, 5.74) is 0. The van der Waals surface area contributed by atoms with Crippen LogP contribution in [-0.2, 0) is 9.59 Å². The van der Waals surface area contributed by atoms with Gasteiger partial charge in [0.05, 0.1) is 5.92 Å². The molecule has 0 aliphatic carbocycles. The Morgan fingerprint density at radius 3 is 2.89 bits per heavy atom. The van der Waals surface area contributed by atoms with Gasteiger partial charge in [0.15, 0.2) is 0 Å². The molecule has 100 valence electrons. The van der Waals surface area contributed by atoms with Crippen LogP contribution in [0.15, 0.2) is 12.7 Å². The molecule has 2 heterocycles. The predicted molar refractivity (Wildman–Crippen MR) is 67.1 cm³/mol. The van der Waals surface area contributed by atoms with Crippen LogP contribution in [0.5, 0.6) is 0 Å². The van der Waals surface area contributed by atoms with E-state index in [0.29, 0.717) is 6.54 Å². The van der Waals surface area contributed by atoms with Gasteiger partial charge in [-0.3, -0.25) is 14.5 Å². The Labute approximate surface area is 107 Å². The zero-order valence-electron chi connectivity index (χ0n) is 10.5. The van der Waals surface area contributed by atoms with Gasteiger partial charge in [0.25, 0.3) is 0 Å². The molecule has 0 saturated carbocycles. The van der Waals surface area contributed by atoms with Crippen molar-refractivity contribution in [3.05, 3.63) is 12.7 Å².